The van der Waals surface area contributed by atoms with Crippen molar-refractivity contribution in [2.24, 2.45) is 0 Å². The highest BCUT2D eigenvalue weighted by molar-refractivity contribution is 7.99. The highest BCUT2D eigenvalue weighted by Gasteiger charge is 2.10. The summed E-state index contributed by atoms with van der Waals surface area (Å²) >= 11 is 1.35. The van der Waals surface area contributed by atoms with Crippen LogP contribution in [0, 0.1) is 5.82 Å². The number of benzene rings is 2. The molecule has 0 fully saturated rings. The minimum Gasteiger partial charge on any atom is -0.353 e. The van der Waals surface area contributed by atoms with Crippen LogP contribution in [0.2, 0.25) is 0 Å². The number of H-pyrrole nitrogens is 1. The van der Waals surface area contributed by atoms with E-state index in [1.807, 2.05) is 25.1 Å². The first kappa shape index (κ1) is 19.2. The van der Waals surface area contributed by atoms with E-state index in [1.165, 1.54) is 29.5 Å². The van der Waals surface area contributed by atoms with E-state index < -0.39 is 0 Å². The molecule has 27 heavy (non-hydrogen) atoms. The van der Waals surface area contributed by atoms with Crippen molar-refractivity contribution in [1.82, 2.24) is 15.3 Å². The van der Waals surface area contributed by atoms with Gasteiger partial charge in [-0.05, 0) is 55.2 Å². The lowest BCUT2D eigenvalue weighted by Gasteiger charge is -2.13. The number of nitrogens with zero attached hydrogens (tertiary/aromatic N) is 1. The Balaban J connectivity index is 1.43. The van der Waals surface area contributed by atoms with Gasteiger partial charge in [-0.2, -0.15) is 0 Å². The van der Waals surface area contributed by atoms with E-state index in [-0.39, 0.29) is 17.8 Å². The van der Waals surface area contributed by atoms with Crippen LogP contribution in [0.25, 0.3) is 11.3 Å². The molecule has 0 spiro atoms. The second-order valence-electron chi connectivity index (χ2n) is 6.39. The third kappa shape index (κ3) is 5.96. The summed E-state index contributed by atoms with van der Waals surface area (Å²) in [6.45, 7) is 2.02. The van der Waals surface area contributed by atoms with Crippen LogP contribution in [0.3, 0.4) is 0 Å². The van der Waals surface area contributed by atoms with Crippen molar-refractivity contribution >= 4 is 17.7 Å². The molecule has 3 aromatic rings. The van der Waals surface area contributed by atoms with Crippen LogP contribution >= 0.6 is 11.8 Å². The normalized spacial score (nSPS) is 11.9. The third-order valence-corrected chi connectivity index (χ3v) is 5.05. The van der Waals surface area contributed by atoms with Gasteiger partial charge in [0, 0.05) is 6.04 Å². The number of nitrogens with one attached hydrogen (secondary N) is 2. The first-order chi connectivity index (χ1) is 13.1. The number of thioether (sulfide) groups is 1. The first-order valence-corrected chi connectivity index (χ1v) is 9.86. The molecule has 6 heteroatoms. The van der Waals surface area contributed by atoms with Crippen LogP contribution < -0.4 is 5.32 Å². The Morgan fingerprint density at radius 1 is 1.19 bits per heavy atom. The predicted octanol–water partition coefficient (Wildman–Crippen LogP) is 4.45. The van der Waals surface area contributed by atoms with E-state index in [9.17, 15) is 9.18 Å². The molecule has 0 radical (unpaired) electrons. The van der Waals surface area contributed by atoms with E-state index in [4.69, 9.17) is 0 Å². The van der Waals surface area contributed by atoms with Crippen LogP contribution in [0.4, 0.5) is 4.39 Å². The largest absolute Gasteiger partial charge is 0.353 e. The van der Waals surface area contributed by atoms with Crippen molar-refractivity contribution in [2.75, 3.05) is 5.75 Å². The second-order valence-corrected chi connectivity index (χ2v) is 7.35. The van der Waals surface area contributed by atoms with Crippen molar-refractivity contribution in [3.63, 3.8) is 0 Å². The average molecular weight is 383 g/mol. The summed E-state index contributed by atoms with van der Waals surface area (Å²) in [5.41, 5.74) is 2.93. The van der Waals surface area contributed by atoms with Crippen molar-refractivity contribution in [3.8, 4) is 11.3 Å². The van der Waals surface area contributed by atoms with Crippen molar-refractivity contribution < 1.29 is 9.18 Å². The molecule has 0 saturated heterocycles. The highest BCUT2D eigenvalue weighted by atomic mass is 32.2. The molecule has 0 aliphatic heterocycles. The van der Waals surface area contributed by atoms with Gasteiger partial charge in [-0.3, -0.25) is 4.79 Å². The minimum atomic E-state index is -0.272. The number of carbonyl (C=O) groups excluding carboxylic acids is 1. The zero-order chi connectivity index (χ0) is 19.1. The number of aromatic nitrogens is 2. The second kappa shape index (κ2) is 9.37. The molecule has 140 valence electrons. The maximum Gasteiger partial charge on any atom is 0.230 e. The molecule has 1 amide bonds. The minimum absolute atomic E-state index is 0.0136. The number of hydrogen-bond acceptors (Lipinski definition) is 3. The molecule has 4 nitrogen and oxygen atoms in total. The summed E-state index contributed by atoms with van der Waals surface area (Å²) in [5.74, 6) is 0.0118. The van der Waals surface area contributed by atoms with Gasteiger partial charge in [-0.1, -0.05) is 42.1 Å². The van der Waals surface area contributed by atoms with Gasteiger partial charge in [0.2, 0.25) is 5.91 Å². The maximum absolute atomic E-state index is 13.0. The number of amides is 1. The smallest absolute Gasteiger partial charge is 0.230 e. The van der Waals surface area contributed by atoms with Crippen LogP contribution in [0.15, 0.2) is 66.0 Å². The van der Waals surface area contributed by atoms with Crippen LogP contribution in [0.5, 0.6) is 0 Å². The standard InChI is InChI=1S/C21H22FN3OS/c1-15(7-8-16-5-3-2-4-6-16)24-20(26)14-27-21-23-13-19(25-21)17-9-11-18(22)12-10-17/h2-6,9-13,15H,7-8,14H2,1H3,(H,23,25)(H,24,26). The molecule has 2 aromatic carbocycles. The zero-order valence-corrected chi connectivity index (χ0v) is 15.9. The number of imidazole rings is 1. The molecule has 1 heterocycles. The fraction of sp³-hybridized carbons (Fsp3) is 0.238. The lowest BCUT2D eigenvalue weighted by molar-refractivity contribution is -0.119. The monoisotopic (exact) mass is 383 g/mol. The van der Waals surface area contributed by atoms with Crippen LogP contribution in [-0.4, -0.2) is 27.7 Å². The Hall–Kier alpha value is -2.60. The number of aromatic amines is 1. The van der Waals surface area contributed by atoms with Gasteiger partial charge in [0.1, 0.15) is 5.82 Å². The Morgan fingerprint density at radius 3 is 2.67 bits per heavy atom. The van der Waals surface area contributed by atoms with Crippen molar-refractivity contribution in [1.29, 1.82) is 0 Å². The number of aryl methyl sites for hydroxylation is 1. The van der Waals surface area contributed by atoms with E-state index in [0.29, 0.717) is 10.9 Å². The van der Waals surface area contributed by atoms with E-state index in [2.05, 4.69) is 27.4 Å². The molecular weight excluding hydrogens is 361 g/mol. The summed E-state index contributed by atoms with van der Waals surface area (Å²) in [5, 5.41) is 3.69. The summed E-state index contributed by atoms with van der Waals surface area (Å²) in [6, 6.07) is 16.6. The Morgan fingerprint density at radius 2 is 1.93 bits per heavy atom. The summed E-state index contributed by atoms with van der Waals surface area (Å²) in [7, 11) is 0. The number of halogens is 1. The Labute approximate surface area is 162 Å². The van der Waals surface area contributed by atoms with Gasteiger partial charge in [0.15, 0.2) is 5.16 Å². The highest BCUT2D eigenvalue weighted by Crippen LogP contribution is 2.21. The molecule has 1 atom stereocenters. The molecular formula is C21H22FN3OS. The average Bonchev–Trinajstić information content (AvgIpc) is 3.15. The lowest BCUT2D eigenvalue weighted by Crippen LogP contribution is -2.34. The van der Waals surface area contributed by atoms with Crippen LogP contribution in [0.1, 0.15) is 18.9 Å². The van der Waals surface area contributed by atoms with E-state index in [0.717, 1.165) is 24.1 Å². The van der Waals surface area contributed by atoms with Gasteiger partial charge >= 0.3 is 0 Å². The zero-order valence-electron chi connectivity index (χ0n) is 15.1. The van der Waals surface area contributed by atoms with Gasteiger partial charge < -0.3 is 10.3 Å². The Kier molecular flexibility index (Phi) is 6.65. The van der Waals surface area contributed by atoms with Gasteiger partial charge in [0.05, 0.1) is 17.6 Å². The molecule has 0 aliphatic rings. The SMILES string of the molecule is CC(CCc1ccccc1)NC(=O)CSc1ncc(-c2ccc(F)cc2)[nH]1. The summed E-state index contributed by atoms with van der Waals surface area (Å²) < 4.78 is 13.0. The molecule has 0 saturated carbocycles. The van der Waals surface area contributed by atoms with Gasteiger partial charge in [-0.15, -0.1) is 0 Å². The molecule has 1 aromatic heterocycles. The Bertz CT molecular complexity index is 865. The van der Waals surface area contributed by atoms with E-state index >= 15 is 0 Å². The first-order valence-electron chi connectivity index (χ1n) is 8.87. The predicted molar refractivity (Wildman–Crippen MR) is 107 cm³/mol. The molecule has 2 N–H and O–H groups in total. The van der Waals surface area contributed by atoms with Gasteiger partial charge in [-0.25, -0.2) is 9.37 Å². The molecule has 3 rings (SSSR count). The lowest BCUT2D eigenvalue weighted by atomic mass is 10.1. The third-order valence-electron chi connectivity index (χ3n) is 4.16. The topological polar surface area (TPSA) is 57.8 Å². The quantitative estimate of drug-likeness (QED) is 0.565. The molecule has 0 bridgehead atoms. The summed E-state index contributed by atoms with van der Waals surface area (Å²) in [4.78, 5) is 19.6. The number of rotatable bonds is 8. The number of carbonyl (C=O) groups is 1. The van der Waals surface area contributed by atoms with Crippen molar-refractivity contribution in [2.45, 2.75) is 31.0 Å². The van der Waals surface area contributed by atoms with E-state index in [1.54, 1.807) is 18.3 Å². The fourth-order valence-electron chi connectivity index (χ4n) is 2.70. The maximum atomic E-state index is 13.0. The molecule has 0 aliphatic carbocycles. The molecule has 1 unspecified atom stereocenters. The fourth-order valence-corrected chi connectivity index (χ4v) is 3.36. The van der Waals surface area contributed by atoms with Crippen LogP contribution in [-0.2, 0) is 11.2 Å². The van der Waals surface area contributed by atoms with Crippen molar-refractivity contribution in [3.05, 3.63) is 72.2 Å². The summed E-state index contributed by atoms with van der Waals surface area (Å²) in [6.07, 6.45) is 3.53. The number of hydrogen-bond donors (Lipinski definition) is 2. The van der Waals surface area contributed by atoms with Gasteiger partial charge in [0.25, 0.3) is 0 Å².